The molecule has 0 atom stereocenters. The van der Waals surface area contributed by atoms with E-state index in [-0.39, 0.29) is 43.4 Å². The minimum absolute atomic E-state index is 0. The predicted octanol–water partition coefficient (Wildman–Crippen LogP) is 6.67. The van der Waals surface area contributed by atoms with Gasteiger partial charge < -0.3 is 24.1 Å². The van der Waals surface area contributed by atoms with E-state index in [1.165, 1.54) is 35.0 Å². The van der Waals surface area contributed by atoms with E-state index in [1.807, 2.05) is 61.6 Å². The number of halogens is 5. The first-order valence-corrected chi connectivity index (χ1v) is 15.1. The van der Waals surface area contributed by atoms with E-state index in [2.05, 4.69) is 42.5 Å². The average molecular weight is 875 g/mol. The summed E-state index contributed by atoms with van der Waals surface area (Å²) in [5, 5.41) is 15.0. The molecular formula is C33H33F5IrN9O2. The molecule has 2 aromatic carbocycles. The Balaban J connectivity index is 0.000000201. The molecule has 0 aliphatic heterocycles. The van der Waals surface area contributed by atoms with Crippen molar-refractivity contribution in [3.63, 3.8) is 0 Å². The summed E-state index contributed by atoms with van der Waals surface area (Å²) in [5.41, 5.74) is 2.88. The topological polar surface area (TPSA) is 112 Å². The van der Waals surface area contributed by atoms with Crippen LogP contribution in [0.3, 0.4) is 0 Å². The van der Waals surface area contributed by atoms with Crippen LogP contribution in [0.2, 0.25) is 0 Å². The predicted molar refractivity (Wildman–Crippen MR) is 169 cm³/mol. The van der Waals surface area contributed by atoms with Crippen molar-refractivity contribution in [2.24, 2.45) is 7.05 Å². The smallest absolute Gasteiger partial charge is 0.537 e. The molecule has 0 aliphatic rings. The molecule has 0 radical (unpaired) electrons. The monoisotopic (exact) mass is 875 g/mol. The summed E-state index contributed by atoms with van der Waals surface area (Å²) in [6.07, 6.45) is 2.21. The molecule has 0 fully saturated rings. The fourth-order valence-electron chi connectivity index (χ4n) is 4.22. The minimum Gasteiger partial charge on any atom is -0.537 e. The van der Waals surface area contributed by atoms with Gasteiger partial charge in [-0.3, -0.25) is 23.2 Å². The molecule has 0 amide bonds. The Morgan fingerprint density at radius 3 is 1.66 bits per heavy atom. The SMILES string of the molecule is CCOc1cc(F)c[c-]c1-c1ccn(CC)n1.CCOc1cc(F)c[c-]c1-c1ccn(CC)n1.Cn1ccnc1-c1nc(C(F)(F)F)n[n-]1.[Ir+3]. The van der Waals surface area contributed by atoms with Gasteiger partial charge in [0.15, 0.2) is 0 Å². The fraction of sp³-hybridized carbons (Fsp3) is 0.303. The molecule has 4 aromatic heterocycles. The van der Waals surface area contributed by atoms with Gasteiger partial charge in [-0.15, -0.1) is 24.3 Å². The Kier molecular flexibility index (Phi) is 14.4. The Morgan fingerprint density at radius 2 is 1.30 bits per heavy atom. The number of aromatic nitrogens is 9. The molecule has 6 rings (SSSR count). The number of benzene rings is 2. The van der Waals surface area contributed by atoms with Crippen molar-refractivity contribution in [2.45, 2.75) is 47.0 Å². The van der Waals surface area contributed by atoms with Crippen LogP contribution in [-0.4, -0.2) is 52.4 Å². The molecule has 266 valence electrons. The molecule has 0 unspecified atom stereocenters. The van der Waals surface area contributed by atoms with E-state index in [1.54, 1.807) is 13.2 Å². The van der Waals surface area contributed by atoms with E-state index in [4.69, 9.17) is 9.47 Å². The second-order valence-corrected chi connectivity index (χ2v) is 9.91. The molecule has 0 spiro atoms. The average Bonchev–Trinajstić information content (AvgIpc) is 3.89. The zero-order valence-corrected chi connectivity index (χ0v) is 30.1. The van der Waals surface area contributed by atoms with Crippen molar-refractivity contribution in [1.29, 1.82) is 0 Å². The van der Waals surface area contributed by atoms with Crippen LogP contribution in [0.4, 0.5) is 22.0 Å². The summed E-state index contributed by atoms with van der Waals surface area (Å²) < 4.78 is 78.6. The van der Waals surface area contributed by atoms with Crippen LogP contribution in [0.1, 0.15) is 33.5 Å². The van der Waals surface area contributed by atoms with Crippen molar-refractivity contribution < 1.29 is 51.5 Å². The molecule has 4 heterocycles. The quantitative estimate of drug-likeness (QED) is 0.117. The van der Waals surface area contributed by atoms with E-state index in [0.29, 0.717) is 35.8 Å². The second kappa shape index (κ2) is 18.2. The van der Waals surface area contributed by atoms with Crippen molar-refractivity contribution in [1.82, 2.24) is 44.3 Å². The van der Waals surface area contributed by atoms with Gasteiger partial charge >= 0.3 is 26.3 Å². The summed E-state index contributed by atoms with van der Waals surface area (Å²) in [6.45, 7) is 10.3. The largest absolute Gasteiger partial charge is 3.00 e. The molecule has 6 aromatic rings. The molecule has 0 N–H and O–H groups in total. The molecule has 17 heteroatoms. The van der Waals surface area contributed by atoms with Crippen LogP contribution >= 0.6 is 0 Å². The third-order valence-electron chi connectivity index (χ3n) is 6.51. The van der Waals surface area contributed by atoms with Gasteiger partial charge in [0.2, 0.25) is 0 Å². The number of nitrogens with zero attached hydrogens (tertiary/aromatic N) is 9. The summed E-state index contributed by atoms with van der Waals surface area (Å²) >= 11 is 0. The van der Waals surface area contributed by atoms with E-state index in [0.717, 1.165) is 24.5 Å². The van der Waals surface area contributed by atoms with Crippen molar-refractivity contribution in [3.05, 3.63) is 90.8 Å². The van der Waals surface area contributed by atoms with Crippen LogP contribution in [0.5, 0.6) is 11.5 Å². The van der Waals surface area contributed by atoms with Gasteiger partial charge in [-0.25, -0.2) is 15.2 Å². The van der Waals surface area contributed by atoms with Crippen LogP contribution in [0, 0.1) is 23.8 Å². The third kappa shape index (κ3) is 10.3. The molecule has 0 saturated heterocycles. The summed E-state index contributed by atoms with van der Waals surface area (Å²) in [5.74, 6) is -0.879. The number of ether oxygens (including phenoxy) is 2. The van der Waals surface area contributed by atoms with Crippen molar-refractivity contribution in [2.75, 3.05) is 13.2 Å². The Morgan fingerprint density at radius 1 is 0.800 bits per heavy atom. The van der Waals surface area contributed by atoms with Gasteiger partial charge in [-0.2, -0.15) is 13.2 Å². The maximum absolute atomic E-state index is 13.1. The Labute approximate surface area is 298 Å². The molecule has 0 aliphatic carbocycles. The summed E-state index contributed by atoms with van der Waals surface area (Å²) in [6, 6.07) is 14.8. The minimum atomic E-state index is -4.57. The molecule has 50 heavy (non-hydrogen) atoms. The van der Waals surface area contributed by atoms with Crippen molar-refractivity contribution in [3.8, 4) is 45.7 Å². The third-order valence-corrected chi connectivity index (χ3v) is 6.51. The maximum Gasteiger partial charge on any atom is 3.00 e. The van der Waals surface area contributed by atoms with Gasteiger partial charge in [0, 0.05) is 85.3 Å². The van der Waals surface area contributed by atoms with Crippen LogP contribution in [0.25, 0.3) is 34.2 Å². The number of rotatable bonds is 9. The van der Waals surface area contributed by atoms with Crippen LogP contribution in [0.15, 0.2) is 61.2 Å². The van der Waals surface area contributed by atoms with Gasteiger partial charge in [-0.05, 0) is 27.7 Å². The standard InChI is InChI=1S/2C13H14FN2O.C7H5F3N5.Ir/c2*1-3-16-8-7-12(15-16)11-6-5-10(14)9-13(11)17-4-2;1-15-3-2-11-5(15)4-12-6(14-13-4)7(8,9)10;/h2*5,7-9H,3-4H2,1-2H3;2-3H,1H3;/q3*-1;+3. The number of hydrogen-bond acceptors (Lipinski definition) is 7. The number of aryl methyl sites for hydroxylation is 3. The molecule has 11 nitrogen and oxygen atoms in total. The molecule has 0 saturated carbocycles. The Bertz CT molecular complexity index is 1840. The maximum atomic E-state index is 13.1. The summed E-state index contributed by atoms with van der Waals surface area (Å²) in [4.78, 5) is 7.07. The first-order chi connectivity index (χ1) is 23.5. The van der Waals surface area contributed by atoms with E-state index >= 15 is 0 Å². The first-order valence-electron chi connectivity index (χ1n) is 15.1. The van der Waals surface area contributed by atoms with Gasteiger partial charge in [-0.1, -0.05) is 35.4 Å². The van der Waals surface area contributed by atoms with Gasteiger partial charge in [0.25, 0.3) is 0 Å². The second-order valence-electron chi connectivity index (χ2n) is 9.91. The Hall–Kier alpha value is -4.89. The first kappa shape index (κ1) is 39.5. The summed E-state index contributed by atoms with van der Waals surface area (Å²) in [7, 11) is 1.63. The van der Waals surface area contributed by atoms with E-state index in [9.17, 15) is 22.0 Å². The van der Waals surface area contributed by atoms with Gasteiger partial charge in [0.05, 0.1) is 13.2 Å². The number of imidazole rings is 1. The number of hydrogen-bond donors (Lipinski definition) is 0. The van der Waals surface area contributed by atoms with Gasteiger partial charge in [0.1, 0.15) is 11.6 Å². The van der Waals surface area contributed by atoms with Crippen molar-refractivity contribution >= 4 is 0 Å². The van der Waals surface area contributed by atoms with Crippen LogP contribution < -0.4 is 14.6 Å². The molecular weight excluding hydrogens is 842 g/mol. The number of alkyl halides is 3. The molecule has 0 bridgehead atoms. The van der Waals surface area contributed by atoms with Crippen LogP contribution in [-0.2, 0) is 46.4 Å². The van der Waals surface area contributed by atoms with E-state index < -0.39 is 12.0 Å². The normalized spacial score (nSPS) is 10.8. The fourth-order valence-corrected chi connectivity index (χ4v) is 4.22. The zero-order valence-electron chi connectivity index (χ0n) is 27.7. The zero-order chi connectivity index (χ0) is 35.6.